The molecule has 0 bridgehead atoms. The maximum atomic E-state index is 5.97. The molecule has 2 rings (SSSR count). The summed E-state index contributed by atoms with van der Waals surface area (Å²) >= 11 is 0. The van der Waals surface area contributed by atoms with E-state index in [0.717, 1.165) is 25.7 Å². The van der Waals surface area contributed by atoms with Crippen LogP contribution < -0.4 is 5.73 Å². The Morgan fingerprint density at radius 1 is 1.21 bits per heavy atom. The van der Waals surface area contributed by atoms with Gasteiger partial charge in [0.05, 0.1) is 0 Å². The van der Waals surface area contributed by atoms with Crippen LogP contribution in [-0.4, -0.2) is 42.8 Å². The number of piperidine rings is 1. The first-order chi connectivity index (χ1) is 6.77. The fraction of sp³-hybridized carbons (Fsp3) is 1.00. The smallest absolute Gasteiger partial charge is 0.0480 e. The molecule has 0 amide bonds. The first kappa shape index (κ1) is 10.4. The quantitative estimate of drug-likeness (QED) is 0.682. The average Bonchev–Trinajstić information content (AvgIpc) is 2.19. The molecule has 0 aliphatic carbocycles. The topological polar surface area (TPSA) is 38.5 Å². The predicted molar refractivity (Wildman–Crippen MR) is 57.2 cm³/mol. The van der Waals surface area contributed by atoms with E-state index in [1.54, 1.807) is 0 Å². The van der Waals surface area contributed by atoms with Crippen molar-refractivity contribution < 1.29 is 4.74 Å². The van der Waals surface area contributed by atoms with Crippen LogP contribution in [0.1, 0.15) is 32.6 Å². The van der Waals surface area contributed by atoms with Gasteiger partial charge in [-0.1, -0.05) is 0 Å². The van der Waals surface area contributed by atoms with Crippen molar-refractivity contribution in [1.29, 1.82) is 0 Å². The maximum Gasteiger partial charge on any atom is 0.0480 e. The number of nitrogens with zero attached hydrogens (tertiary/aromatic N) is 1. The highest BCUT2D eigenvalue weighted by molar-refractivity contribution is 4.86. The molecule has 0 aromatic carbocycles. The highest BCUT2D eigenvalue weighted by atomic mass is 16.5. The van der Waals surface area contributed by atoms with E-state index in [-0.39, 0.29) is 0 Å². The first-order valence-corrected chi connectivity index (χ1v) is 5.86. The minimum absolute atomic E-state index is 0.432. The van der Waals surface area contributed by atoms with E-state index >= 15 is 0 Å². The van der Waals surface area contributed by atoms with Gasteiger partial charge in [0.25, 0.3) is 0 Å². The minimum Gasteiger partial charge on any atom is -0.381 e. The second-order valence-corrected chi connectivity index (χ2v) is 4.71. The maximum absolute atomic E-state index is 5.97. The third-order valence-electron chi connectivity index (χ3n) is 3.63. The van der Waals surface area contributed by atoms with Gasteiger partial charge in [0.15, 0.2) is 0 Å². The van der Waals surface area contributed by atoms with Crippen LogP contribution in [0.15, 0.2) is 0 Å². The lowest BCUT2D eigenvalue weighted by atomic mass is 9.95. The zero-order chi connectivity index (χ0) is 9.97. The van der Waals surface area contributed by atoms with Crippen molar-refractivity contribution in [3.8, 4) is 0 Å². The van der Waals surface area contributed by atoms with E-state index in [2.05, 4.69) is 11.8 Å². The average molecular weight is 198 g/mol. The molecule has 2 aliphatic rings. The fourth-order valence-corrected chi connectivity index (χ4v) is 2.79. The van der Waals surface area contributed by atoms with Crippen molar-refractivity contribution in [2.45, 2.75) is 50.7 Å². The van der Waals surface area contributed by atoms with E-state index in [0.29, 0.717) is 12.1 Å². The van der Waals surface area contributed by atoms with Gasteiger partial charge in [0.1, 0.15) is 0 Å². The molecular formula is C11H22N2O. The zero-order valence-electron chi connectivity index (χ0n) is 9.11. The van der Waals surface area contributed by atoms with Crippen molar-refractivity contribution in [2.24, 2.45) is 5.73 Å². The Morgan fingerprint density at radius 3 is 2.57 bits per heavy atom. The summed E-state index contributed by atoms with van der Waals surface area (Å²) < 4.78 is 5.40. The summed E-state index contributed by atoms with van der Waals surface area (Å²) in [7, 11) is 0. The van der Waals surface area contributed by atoms with Crippen molar-refractivity contribution in [3.63, 3.8) is 0 Å². The Balaban J connectivity index is 1.89. The Morgan fingerprint density at radius 2 is 1.93 bits per heavy atom. The van der Waals surface area contributed by atoms with Gasteiger partial charge in [-0.15, -0.1) is 0 Å². The second kappa shape index (κ2) is 4.60. The molecule has 14 heavy (non-hydrogen) atoms. The lowest BCUT2D eigenvalue weighted by Crippen LogP contribution is -2.51. The Labute approximate surface area is 86.6 Å². The van der Waals surface area contributed by atoms with Crippen molar-refractivity contribution in [3.05, 3.63) is 0 Å². The van der Waals surface area contributed by atoms with E-state index in [4.69, 9.17) is 10.5 Å². The summed E-state index contributed by atoms with van der Waals surface area (Å²) in [5.74, 6) is 0. The van der Waals surface area contributed by atoms with Gasteiger partial charge in [-0.25, -0.2) is 0 Å². The summed E-state index contributed by atoms with van der Waals surface area (Å²) in [5.41, 5.74) is 5.97. The largest absolute Gasteiger partial charge is 0.381 e. The second-order valence-electron chi connectivity index (χ2n) is 4.71. The SMILES string of the molecule is CC1CC(N)CCN1C1CCOCC1. The van der Waals surface area contributed by atoms with E-state index in [1.165, 1.54) is 25.8 Å². The van der Waals surface area contributed by atoms with E-state index in [9.17, 15) is 0 Å². The van der Waals surface area contributed by atoms with Gasteiger partial charge in [0, 0.05) is 37.9 Å². The van der Waals surface area contributed by atoms with E-state index < -0.39 is 0 Å². The first-order valence-electron chi connectivity index (χ1n) is 5.86. The van der Waals surface area contributed by atoms with Crippen molar-refractivity contribution in [2.75, 3.05) is 19.8 Å². The van der Waals surface area contributed by atoms with Gasteiger partial charge in [-0.3, -0.25) is 4.90 Å². The van der Waals surface area contributed by atoms with Gasteiger partial charge < -0.3 is 10.5 Å². The van der Waals surface area contributed by atoms with Crippen LogP contribution in [0.2, 0.25) is 0 Å². The summed E-state index contributed by atoms with van der Waals surface area (Å²) in [6.45, 7) is 5.39. The van der Waals surface area contributed by atoms with Crippen LogP contribution in [0.25, 0.3) is 0 Å². The molecule has 2 saturated heterocycles. The summed E-state index contributed by atoms with van der Waals surface area (Å²) in [6.07, 6.45) is 4.75. The molecule has 0 saturated carbocycles. The molecule has 2 N–H and O–H groups in total. The molecule has 82 valence electrons. The number of likely N-dealkylation sites (tertiary alicyclic amines) is 1. The molecule has 2 fully saturated rings. The minimum atomic E-state index is 0.432. The van der Waals surface area contributed by atoms with Gasteiger partial charge >= 0.3 is 0 Å². The number of hydrogen-bond acceptors (Lipinski definition) is 3. The molecule has 0 spiro atoms. The standard InChI is InChI=1S/C11H22N2O/c1-9-8-10(12)2-5-13(9)11-3-6-14-7-4-11/h9-11H,2-8,12H2,1H3. The monoisotopic (exact) mass is 198 g/mol. The van der Waals surface area contributed by atoms with Gasteiger partial charge in [-0.05, 0) is 32.6 Å². The van der Waals surface area contributed by atoms with Crippen LogP contribution in [-0.2, 0) is 4.74 Å². The number of hydrogen-bond donors (Lipinski definition) is 1. The third kappa shape index (κ3) is 2.27. The number of nitrogens with two attached hydrogens (primary N) is 1. The molecule has 2 atom stereocenters. The Bertz CT molecular complexity index is 180. The van der Waals surface area contributed by atoms with Crippen LogP contribution >= 0.6 is 0 Å². The summed E-state index contributed by atoms with van der Waals surface area (Å²) in [4.78, 5) is 2.64. The molecule has 3 nitrogen and oxygen atoms in total. The molecule has 2 unspecified atom stereocenters. The predicted octanol–water partition coefficient (Wildman–Crippen LogP) is 0.977. The lowest BCUT2D eigenvalue weighted by molar-refractivity contribution is 0.00610. The normalized spacial score (nSPS) is 37.3. The highest BCUT2D eigenvalue weighted by Gasteiger charge is 2.29. The van der Waals surface area contributed by atoms with Crippen LogP contribution in [0, 0.1) is 0 Å². The van der Waals surface area contributed by atoms with Crippen LogP contribution in [0.4, 0.5) is 0 Å². The fourth-order valence-electron chi connectivity index (χ4n) is 2.79. The zero-order valence-corrected chi connectivity index (χ0v) is 9.11. The number of ether oxygens (including phenoxy) is 1. The molecule has 0 aromatic heterocycles. The van der Waals surface area contributed by atoms with Crippen molar-refractivity contribution >= 4 is 0 Å². The Kier molecular flexibility index (Phi) is 3.42. The Hall–Kier alpha value is -0.120. The van der Waals surface area contributed by atoms with Gasteiger partial charge in [0.2, 0.25) is 0 Å². The molecule has 0 aromatic rings. The molecule has 3 heteroatoms. The summed E-state index contributed by atoms with van der Waals surface area (Å²) in [6, 6.07) is 1.86. The highest BCUT2D eigenvalue weighted by Crippen LogP contribution is 2.23. The van der Waals surface area contributed by atoms with Gasteiger partial charge in [-0.2, -0.15) is 0 Å². The number of rotatable bonds is 1. The molecular weight excluding hydrogens is 176 g/mol. The van der Waals surface area contributed by atoms with E-state index in [1.807, 2.05) is 0 Å². The van der Waals surface area contributed by atoms with Crippen molar-refractivity contribution in [1.82, 2.24) is 4.90 Å². The van der Waals surface area contributed by atoms with Crippen LogP contribution in [0.3, 0.4) is 0 Å². The molecule has 2 aliphatic heterocycles. The van der Waals surface area contributed by atoms with Crippen LogP contribution in [0.5, 0.6) is 0 Å². The molecule has 2 heterocycles. The third-order valence-corrected chi connectivity index (χ3v) is 3.63. The lowest BCUT2D eigenvalue weighted by Gasteiger charge is -2.43. The summed E-state index contributed by atoms with van der Waals surface area (Å²) in [5, 5.41) is 0. The molecule has 0 radical (unpaired) electrons.